The van der Waals surface area contributed by atoms with Gasteiger partial charge in [-0.15, -0.1) is 0 Å². The molecule has 0 unspecified atom stereocenters. The number of amides is 1. The number of anilines is 1. The second kappa shape index (κ2) is 9.28. The van der Waals surface area contributed by atoms with Crippen LogP contribution >= 0.6 is 0 Å². The van der Waals surface area contributed by atoms with Crippen LogP contribution in [0.3, 0.4) is 0 Å². The highest BCUT2D eigenvalue weighted by atomic mass is 32.2. The molecule has 162 valence electrons. The van der Waals surface area contributed by atoms with Crippen LogP contribution < -0.4 is 10.1 Å². The summed E-state index contributed by atoms with van der Waals surface area (Å²) in [4.78, 5) is 12.5. The van der Waals surface area contributed by atoms with Crippen LogP contribution in [0.2, 0.25) is 0 Å². The first-order chi connectivity index (χ1) is 14.7. The van der Waals surface area contributed by atoms with Gasteiger partial charge in [0.15, 0.2) is 0 Å². The van der Waals surface area contributed by atoms with Crippen molar-refractivity contribution in [2.75, 3.05) is 19.5 Å². The smallest absolute Gasteiger partial charge is 0.255 e. The first kappa shape index (κ1) is 22.5. The Balaban J connectivity index is 1.92. The zero-order chi connectivity index (χ0) is 22.6. The molecule has 31 heavy (non-hydrogen) atoms. The summed E-state index contributed by atoms with van der Waals surface area (Å²) in [5.74, 6) is -1.10. The van der Waals surface area contributed by atoms with Gasteiger partial charge < -0.3 is 10.1 Å². The maximum Gasteiger partial charge on any atom is 0.255 e. The predicted molar refractivity (Wildman–Crippen MR) is 117 cm³/mol. The van der Waals surface area contributed by atoms with Gasteiger partial charge in [0, 0.05) is 19.2 Å². The first-order valence-electron chi connectivity index (χ1n) is 9.48. The summed E-state index contributed by atoms with van der Waals surface area (Å²) in [5, 5.41) is 2.49. The normalized spacial score (nSPS) is 11.4. The Morgan fingerprint density at radius 1 is 1.06 bits per heavy atom. The molecular formula is C23H23FN2O4S. The van der Waals surface area contributed by atoms with Crippen molar-refractivity contribution in [3.05, 3.63) is 89.2 Å². The number of hydrogen-bond acceptors (Lipinski definition) is 4. The van der Waals surface area contributed by atoms with E-state index in [0.717, 1.165) is 11.1 Å². The average molecular weight is 443 g/mol. The van der Waals surface area contributed by atoms with Gasteiger partial charge in [-0.25, -0.2) is 12.8 Å². The molecule has 0 spiro atoms. The minimum absolute atomic E-state index is 0.0198. The van der Waals surface area contributed by atoms with Crippen LogP contribution in [-0.2, 0) is 16.6 Å². The van der Waals surface area contributed by atoms with Crippen molar-refractivity contribution >= 4 is 21.6 Å². The molecule has 0 fully saturated rings. The average Bonchev–Trinajstić information content (AvgIpc) is 2.76. The van der Waals surface area contributed by atoms with Gasteiger partial charge in [-0.1, -0.05) is 36.4 Å². The summed E-state index contributed by atoms with van der Waals surface area (Å²) in [5.41, 5.74) is 1.67. The van der Waals surface area contributed by atoms with Gasteiger partial charge in [0.1, 0.15) is 16.5 Å². The molecule has 3 aromatic rings. The molecule has 0 bridgehead atoms. The van der Waals surface area contributed by atoms with E-state index in [9.17, 15) is 17.6 Å². The Labute approximate surface area is 181 Å². The molecule has 3 rings (SSSR count). The molecule has 0 aliphatic heterocycles. The third-order valence-corrected chi connectivity index (χ3v) is 6.56. The van der Waals surface area contributed by atoms with E-state index >= 15 is 0 Å². The van der Waals surface area contributed by atoms with Crippen LogP contribution in [0.25, 0.3) is 0 Å². The summed E-state index contributed by atoms with van der Waals surface area (Å²) in [6, 6.07) is 17.6. The highest BCUT2D eigenvalue weighted by Crippen LogP contribution is 2.29. The fraction of sp³-hybridized carbons (Fsp3) is 0.174. The SMILES string of the molecule is COc1ccc(C(=O)Nc2cc(C)ccc2F)cc1S(=O)(=O)N(C)Cc1ccccc1. The van der Waals surface area contributed by atoms with E-state index in [0.29, 0.717) is 0 Å². The van der Waals surface area contributed by atoms with E-state index in [4.69, 9.17) is 4.74 Å². The van der Waals surface area contributed by atoms with Crippen molar-refractivity contribution in [3.8, 4) is 5.75 Å². The van der Waals surface area contributed by atoms with Crippen molar-refractivity contribution in [1.29, 1.82) is 0 Å². The number of halogens is 1. The van der Waals surface area contributed by atoms with Gasteiger partial charge in [0.05, 0.1) is 12.8 Å². The molecule has 6 nitrogen and oxygen atoms in total. The number of rotatable bonds is 7. The van der Waals surface area contributed by atoms with Gasteiger partial charge in [-0.3, -0.25) is 4.79 Å². The number of hydrogen-bond donors (Lipinski definition) is 1. The lowest BCUT2D eigenvalue weighted by molar-refractivity contribution is 0.102. The number of ether oxygens (including phenoxy) is 1. The van der Waals surface area contributed by atoms with Crippen molar-refractivity contribution in [2.24, 2.45) is 0 Å². The monoisotopic (exact) mass is 442 g/mol. The highest BCUT2D eigenvalue weighted by molar-refractivity contribution is 7.89. The minimum atomic E-state index is -3.97. The van der Waals surface area contributed by atoms with Crippen molar-refractivity contribution in [2.45, 2.75) is 18.4 Å². The summed E-state index contributed by atoms with van der Waals surface area (Å²) < 4.78 is 46.8. The number of nitrogens with one attached hydrogen (secondary N) is 1. The first-order valence-corrected chi connectivity index (χ1v) is 10.9. The summed E-state index contributed by atoms with van der Waals surface area (Å²) >= 11 is 0. The molecule has 0 aliphatic carbocycles. The second-order valence-corrected chi connectivity index (χ2v) is 9.06. The molecule has 1 amide bonds. The van der Waals surface area contributed by atoms with Crippen LogP contribution in [0.1, 0.15) is 21.5 Å². The van der Waals surface area contributed by atoms with E-state index in [2.05, 4.69) is 5.32 Å². The van der Waals surface area contributed by atoms with Gasteiger partial charge in [0.2, 0.25) is 10.0 Å². The molecule has 8 heteroatoms. The number of sulfonamides is 1. The zero-order valence-corrected chi connectivity index (χ0v) is 18.2. The predicted octanol–water partition coefficient (Wildman–Crippen LogP) is 4.22. The minimum Gasteiger partial charge on any atom is -0.495 e. The lowest BCUT2D eigenvalue weighted by atomic mass is 10.1. The van der Waals surface area contributed by atoms with E-state index < -0.39 is 21.7 Å². The van der Waals surface area contributed by atoms with Crippen molar-refractivity contribution in [1.82, 2.24) is 4.31 Å². The van der Waals surface area contributed by atoms with Crippen LogP contribution in [-0.4, -0.2) is 32.8 Å². The van der Waals surface area contributed by atoms with Crippen LogP contribution in [0.4, 0.5) is 10.1 Å². The maximum absolute atomic E-state index is 14.0. The number of benzene rings is 3. The third kappa shape index (κ3) is 5.10. The Morgan fingerprint density at radius 2 is 1.77 bits per heavy atom. The molecule has 0 heterocycles. The molecule has 0 aromatic heterocycles. The number of carbonyl (C=O) groups excluding carboxylic acids is 1. The molecule has 0 radical (unpaired) electrons. The van der Waals surface area contributed by atoms with Crippen molar-refractivity contribution in [3.63, 3.8) is 0 Å². The maximum atomic E-state index is 14.0. The van der Waals surface area contributed by atoms with E-state index in [1.807, 2.05) is 30.3 Å². The third-order valence-electron chi connectivity index (χ3n) is 4.73. The second-order valence-electron chi connectivity index (χ2n) is 7.05. The molecule has 1 N–H and O–H groups in total. The molecule has 0 saturated carbocycles. The number of nitrogens with zero attached hydrogens (tertiary/aromatic N) is 1. The zero-order valence-electron chi connectivity index (χ0n) is 17.4. The summed E-state index contributed by atoms with van der Waals surface area (Å²) in [6.45, 7) is 1.92. The van der Waals surface area contributed by atoms with Crippen LogP contribution in [0.5, 0.6) is 5.75 Å². The molecular weight excluding hydrogens is 419 g/mol. The lowest BCUT2D eigenvalue weighted by Gasteiger charge is -2.19. The topological polar surface area (TPSA) is 75.7 Å². The fourth-order valence-electron chi connectivity index (χ4n) is 3.04. The van der Waals surface area contributed by atoms with E-state index in [-0.39, 0.29) is 28.4 Å². The molecule has 3 aromatic carbocycles. The Kier molecular flexibility index (Phi) is 6.72. The summed E-state index contributed by atoms with van der Waals surface area (Å²) in [7, 11) is -1.16. The van der Waals surface area contributed by atoms with Gasteiger partial charge in [-0.05, 0) is 48.4 Å². The molecule has 0 saturated heterocycles. The van der Waals surface area contributed by atoms with E-state index in [1.165, 1.54) is 48.8 Å². The highest BCUT2D eigenvalue weighted by Gasteiger charge is 2.26. The van der Waals surface area contributed by atoms with Gasteiger partial charge >= 0.3 is 0 Å². The molecule has 0 atom stereocenters. The largest absolute Gasteiger partial charge is 0.495 e. The summed E-state index contributed by atoms with van der Waals surface area (Å²) in [6.07, 6.45) is 0. The van der Waals surface area contributed by atoms with Gasteiger partial charge in [0.25, 0.3) is 5.91 Å². The van der Waals surface area contributed by atoms with Crippen molar-refractivity contribution < 1.29 is 22.3 Å². The van der Waals surface area contributed by atoms with E-state index in [1.54, 1.807) is 13.0 Å². The van der Waals surface area contributed by atoms with Crippen LogP contribution in [0.15, 0.2) is 71.6 Å². The van der Waals surface area contributed by atoms with Gasteiger partial charge in [-0.2, -0.15) is 4.31 Å². The standard InChI is InChI=1S/C23H23FN2O4S/c1-16-9-11-19(24)20(13-16)25-23(27)18-10-12-21(30-3)22(14-18)31(28,29)26(2)15-17-7-5-4-6-8-17/h4-14H,15H2,1-3H3,(H,25,27). The number of aryl methyl sites for hydroxylation is 1. The van der Waals surface area contributed by atoms with Crippen LogP contribution in [0, 0.1) is 12.7 Å². The number of methoxy groups -OCH3 is 1. The quantitative estimate of drug-likeness (QED) is 0.595. The lowest BCUT2D eigenvalue weighted by Crippen LogP contribution is -2.27. The Bertz CT molecular complexity index is 1200. The number of carbonyl (C=O) groups is 1. The Hall–Kier alpha value is -3.23. The Morgan fingerprint density at radius 3 is 2.45 bits per heavy atom. The molecule has 0 aliphatic rings. The fourth-order valence-corrected chi connectivity index (χ4v) is 4.38.